The smallest absolute Gasteiger partial charge is 0.237 e. The Kier molecular flexibility index (Phi) is 3.39. The number of anilines is 2. The van der Waals surface area contributed by atoms with Gasteiger partial charge >= 0.3 is 0 Å². The van der Waals surface area contributed by atoms with Gasteiger partial charge in [-0.2, -0.15) is 0 Å². The van der Waals surface area contributed by atoms with E-state index in [2.05, 4.69) is 20.9 Å². The minimum absolute atomic E-state index is 0.297. The summed E-state index contributed by atoms with van der Waals surface area (Å²) in [6.45, 7) is 2.12. The minimum atomic E-state index is -0.748. The molecule has 1 aliphatic heterocycles. The Morgan fingerprint density at radius 1 is 1.14 bits per heavy atom. The van der Waals surface area contributed by atoms with Gasteiger partial charge < -0.3 is 10.6 Å². The van der Waals surface area contributed by atoms with Crippen LogP contribution in [0.5, 0.6) is 0 Å². The van der Waals surface area contributed by atoms with Crippen LogP contribution < -0.4 is 10.6 Å². The zero-order chi connectivity index (χ0) is 14.8. The Bertz CT molecular complexity index is 680. The van der Waals surface area contributed by atoms with Crippen LogP contribution >= 0.6 is 0 Å². The first-order valence-corrected chi connectivity index (χ1v) is 6.74. The average Bonchev–Trinajstić information content (AvgIpc) is 2.82. The zero-order valence-corrected chi connectivity index (χ0v) is 11.5. The Morgan fingerprint density at radius 2 is 1.86 bits per heavy atom. The molecule has 2 aromatic rings. The number of nitrogens with zero attached hydrogens (tertiary/aromatic N) is 3. The molecule has 1 aromatic carbocycles. The molecule has 21 heavy (non-hydrogen) atoms. The number of carbonyl (C=O) groups is 2. The van der Waals surface area contributed by atoms with Crippen LogP contribution in [0.4, 0.5) is 11.6 Å². The van der Waals surface area contributed by atoms with Crippen molar-refractivity contribution in [3.63, 3.8) is 0 Å². The Labute approximate surface area is 121 Å². The molecule has 1 unspecified atom stereocenters. The summed E-state index contributed by atoms with van der Waals surface area (Å²) in [4.78, 5) is 23.6. The summed E-state index contributed by atoms with van der Waals surface area (Å²) in [6, 6.07) is 9.96. The highest BCUT2D eigenvalue weighted by atomic mass is 16.2. The second kappa shape index (κ2) is 5.35. The van der Waals surface area contributed by atoms with Gasteiger partial charge in [0.2, 0.25) is 11.8 Å². The number of hydrogen-bond acceptors (Lipinski definition) is 4. The van der Waals surface area contributed by atoms with Gasteiger partial charge in [-0.3, -0.25) is 9.59 Å². The molecule has 7 heteroatoms. The molecule has 2 heterocycles. The lowest BCUT2D eigenvalue weighted by atomic mass is 10.1. The number of hydrogen-bond donors (Lipinski definition) is 2. The fourth-order valence-corrected chi connectivity index (χ4v) is 2.13. The quantitative estimate of drug-likeness (QED) is 0.825. The highest BCUT2D eigenvalue weighted by Gasteiger charge is 2.30. The number of fused-ring (bicyclic) bond motifs is 1. The number of benzene rings is 1. The van der Waals surface area contributed by atoms with Gasteiger partial charge in [0.25, 0.3) is 0 Å². The van der Waals surface area contributed by atoms with E-state index in [-0.39, 0.29) is 11.8 Å². The number of amides is 2. The third-order valence-corrected chi connectivity index (χ3v) is 3.46. The lowest BCUT2D eigenvalue weighted by Crippen LogP contribution is -2.29. The summed E-state index contributed by atoms with van der Waals surface area (Å²) in [5.41, 5.74) is 1.17. The molecule has 0 bridgehead atoms. The predicted octanol–water partition coefficient (Wildman–Crippen LogP) is 1.05. The number of aromatic nitrogens is 3. The summed E-state index contributed by atoms with van der Waals surface area (Å²) in [6.07, 6.45) is 0.760. The van der Waals surface area contributed by atoms with Crippen molar-refractivity contribution in [3.8, 4) is 0 Å². The van der Waals surface area contributed by atoms with Crippen molar-refractivity contribution in [2.24, 2.45) is 5.92 Å². The molecule has 0 aliphatic carbocycles. The lowest BCUT2D eigenvalue weighted by molar-refractivity contribution is -0.128. The molecule has 1 aromatic heterocycles. The molecule has 0 spiro atoms. The summed E-state index contributed by atoms with van der Waals surface area (Å²) in [5.74, 6) is -0.739. The highest BCUT2D eigenvalue weighted by Crippen LogP contribution is 2.23. The van der Waals surface area contributed by atoms with E-state index in [9.17, 15) is 9.59 Å². The zero-order valence-electron chi connectivity index (χ0n) is 11.5. The van der Waals surface area contributed by atoms with Gasteiger partial charge in [-0.1, -0.05) is 35.5 Å². The van der Waals surface area contributed by atoms with Crippen LogP contribution in [-0.4, -0.2) is 26.8 Å². The molecular formula is C14H15N5O2. The molecule has 3 rings (SSSR count). The standard InChI is InChI=1S/C14H15N5O2/c1-9-13(20)15-11-12(16-14(9)21)19(18-17-11)8-7-10-5-3-2-4-6-10/h2-6,9H,7-8H2,1H3,(H,15,20)(H,16,21). The molecule has 1 atom stereocenters. The minimum Gasteiger partial charge on any atom is -0.307 e. The lowest BCUT2D eigenvalue weighted by Gasteiger charge is -2.08. The monoisotopic (exact) mass is 285 g/mol. The fraction of sp³-hybridized carbons (Fsp3) is 0.286. The molecule has 0 radical (unpaired) electrons. The van der Waals surface area contributed by atoms with Gasteiger partial charge in [0, 0.05) is 6.54 Å². The summed E-state index contributed by atoms with van der Waals surface area (Å²) in [5, 5.41) is 13.2. The maximum atomic E-state index is 11.9. The molecule has 2 amide bonds. The van der Waals surface area contributed by atoms with Gasteiger partial charge in [-0.25, -0.2) is 4.68 Å². The summed E-state index contributed by atoms with van der Waals surface area (Å²) < 4.78 is 1.60. The van der Waals surface area contributed by atoms with Crippen LogP contribution in [0.3, 0.4) is 0 Å². The van der Waals surface area contributed by atoms with Gasteiger partial charge in [-0.05, 0) is 18.9 Å². The summed E-state index contributed by atoms with van der Waals surface area (Å²) >= 11 is 0. The van der Waals surface area contributed by atoms with Crippen molar-refractivity contribution in [2.75, 3.05) is 10.6 Å². The van der Waals surface area contributed by atoms with Crippen molar-refractivity contribution in [3.05, 3.63) is 35.9 Å². The van der Waals surface area contributed by atoms with Gasteiger partial charge in [0.15, 0.2) is 11.6 Å². The number of rotatable bonds is 3. The van der Waals surface area contributed by atoms with Gasteiger partial charge in [0.1, 0.15) is 5.92 Å². The van der Waals surface area contributed by atoms with Crippen LogP contribution in [0.15, 0.2) is 30.3 Å². The van der Waals surface area contributed by atoms with E-state index in [1.54, 1.807) is 11.6 Å². The average molecular weight is 285 g/mol. The van der Waals surface area contributed by atoms with Gasteiger partial charge in [0.05, 0.1) is 0 Å². The van der Waals surface area contributed by atoms with Crippen molar-refractivity contribution >= 4 is 23.5 Å². The molecule has 0 saturated carbocycles. The van der Waals surface area contributed by atoms with Crippen molar-refractivity contribution in [1.82, 2.24) is 15.0 Å². The third kappa shape index (κ3) is 2.62. The second-order valence-electron chi connectivity index (χ2n) is 4.95. The largest absolute Gasteiger partial charge is 0.307 e. The molecule has 108 valence electrons. The Morgan fingerprint density at radius 3 is 2.62 bits per heavy atom. The SMILES string of the molecule is CC1C(=O)Nc2nnn(CCc3ccccc3)c2NC1=O. The van der Waals surface area contributed by atoms with E-state index in [0.29, 0.717) is 18.2 Å². The molecule has 2 N–H and O–H groups in total. The van der Waals surface area contributed by atoms with Crippen LogP contribution in [0.2, 0.25) is 0 Å². The topological polar surface area (TPSA) is 88.9 Å². The van der Waals surface area contributed by atoms with E-state index < -0.39 is 5.92 Å². The fourth-order valence-electron chi connectivity index (χ4n) is 2.13. The van der Waals surface area contributed by atoms with Crippen molar-refractivity contribution in [1.29, 1.82) is 0 Å². The maximum absolute atomic E-state index is 11.9. The molecule has 1 aliphatic rings. The normalized spacial score (nSPS) is 17.7. The van der Waals surface area contributed by atoms with E-state index in [4.69, 9.17) is 0 Å². The molecule has 7 nitrogen and oxygen atoms in total. The van der Waals surface area contributed by atoms with Crippen LogP contribution in [0.25, 0.3) is 0 Å². The van der Waals surface area contributed by atoms with E-state index in [1.165, 1.54) is 5.56 Å². The van der Waals surface area contributed by atoms with Crippen LogP contribution in [-0.2, 0) is 22.6 Å². The number of carbonyl (C=O) groups excluding carboxylic acids is 2. The van der Waals surface area contributed by atoms with Crippen molar-refractivity contribution in [2.45, 2.75) is 19.9 Å². The maximum Gasteiger partial charge on any atom is 0.237 e. The molecular weight excluding hydrogens is 270 g/mol. The van der Waals surface area contributed by atoms with E-state index in [0.717, 1.165) is 6.42 Å². The van der Waals surface area contributed by atoms with Crippen LogP contribution in [0.1, 0.15) is 12.5 Å². The van der Waals surface area contributed by atoms with Gasteiger partial charge in [-0.15, -0.1) is 5.10 Å². The van der Waals surface area contributed by atoms with E-state index >= 15 is 0 Å². The molecule has 0 saturated heterocycles. The first-order chi connectivity index (χ1) is 10.1. The van der Waals surface area contributed by atoms with E-state index in [1.807, 2.05) is 30.3 Å². The number of aryl methyl sites for hydroxylation is 2. The Balaban J connectivity index is 1.80. The third-order valence-electron chi connectivity index (χ3n) is 3.46. The summed E-state index contributed by atoms with van der Waals surface area (Å²) in [7, 11) is 0. The molecule has 0 fully saturated rings. The van der Waals surface area contributed by atoms with Crippen molar-refractivity contribution < 1.29 is 9.59 Å². The first kappa shape index (κ1) is 13.3. The van der Waals surface area contributed by atoms with Crippen LogP contribution in [0, 0.1) is 5.92 Å². The predicted molar refractivity (Wildman–Crippen MR) is 76.6 cm³/mol. The highest BCUT2D eigenvalue weighted by molar-refractivity contribution is 6.14. The first-order valence-electron chi connectivity index (χ1n) is 6.74. The Hall–Kier alpha value is -2.70. The second-order valence-corrected chi connectivity index (χ2v) is 4.95. The number of nitrogens with one attached hydrogen (secondary N) is 2.